The molecule has 3 rings (SSSR count). The van der Waals surface area contributed by atoms with Crippen LogP contribution in [-0.2, 0) is 11.2 Å². The molecule has 1 saturated carbocycles. The summed E-state index contributed by atoms with van der Waals surface area (Å²) in [5.41, 5.74) is 1.02. The highest BCUT2D eigenvalue weighted by Crippen LogP contribution is 2.43. The van der Waals surface area contributed by atoms with Gasteiger partial charge in [-0.15, -0.1) is 0 Å². The van der Waals surface area contributed by atoms with Crippen molar-refractivity contribution in [2.45, 2.75) is 57.0 Å². The van der Waals surface area contributed by atoms with E-state index < -0.39 is 11.9 Å². The number of rotatable bonds is 1. The smallest absolute Gasteiger partial charge is 0.210 e. The molecule has 1 heterocycles. The molecule has 1 aliphatic heterocycles. The summed E-state index contributed by atoms with van der Waals surface area (Å²) in [5.74, 6) is 0.131. The van der Waals surface area contributed by atoms with Crippen molar-refractivity contribution in [2.75, 3.05) is 0 Å². The maximum atomic E-state index is 9.93. The van der Waals surface area contributed by atoms with Crippen LogP contribution in [0.15, 0.2) is 18.2 Å². The first-order chi connectivity index (χ1) is 9.10. The summed E-state index contributed by atoms with van der Waals surface area (Å²) in [6, 6.07) is 5.75. The SMILES string of the molecule is CC(O)C1Cc2cccc(Cl)c2OC2(CCCC2)O1. The lowest BCUT2D eigenvalue weighted by Gasteiger charge is -2.32. The zero-order valence-corrected chi connectivity index (χ0v) is 11.8. The van der Waals surface area contributed by atoms with Gasteiger partial charge in [0.2, 0.25) is 5.79 Å². The number of hydrogen-bond donors (Lipinski definition) is 1. The van der Waals surface area contributed by atoms with Gasteiger partial charge in [0.25, 0.3) is 0 Å². The molecule has 4 heteroatoms. The molecule has 0 saturated heterocycles. The molecular weight excluding hydrogens is 264 g/mol. The Balaban J connectivity index is 2.02. The first-order valence-corrected chi connectivity index (χ1v) is 7.30. The lowest BCUT2D eigenvalue weighted by molar-refractivity contribution is -0.217. The number of ether oxygens (including phenoxy) is 2. The molecule has 1 spiro atoms. The van der Waals surface area contributed by atoms with Crippen LogP contribution in [0.2, 0.25) is 5.02 Å². The van der Waals surface area contributed by atoms with Crippen molar-refractivity contribution in [3.63, 3.8) is 0 Å². The first-order valence-electron chi connectivity index (χ1n) is 6.92. The van der Waals surface area contributed by atoms with Gasteiger partial charge in [-0.1, -0.05) is 23.7 Å². The lowest BCUT2D eigenvalue weighted by atomic mass is 10.0. The molecule has 0 bridgehead atoms. The van der Waals surface area contributed by atoms with Gasteiger partial charge in [0.05, 0.1) is 17.2 Å². The van der Waals surface area contributed by atoms with E-state index in [1.54, 1.807) is 6.92 Å². The standard InChI is InChI=1S/C15H19ClO3/c1-10(17)13-9-11-5-4-6-12(16)14(11)19-15(18-13)7-2-3-8-15/h4-6,10,13,17H,2-3,7-9H2,1H3. The van der Waals surface area contributed by atoms with E-state index in [0.29, 0.717) is 11.4 Å². The Bertz CT molecular complexity index is 466. The van der Waals surface area contributed by atoms with Crippen LogP contribution >= 0.6 is 11.6 Å². The fourth-order valence-electron chi connectivity index (χ4n) is 2.98. The van der Waals surface area contributed by atoms with Crippen LogP contribution in [-0.4, -0.2) is 23.1 Å². The van der Waals surface area contributed by atoms with Gasteiger partial charge in [0.1, 0.15) is 5.75 Å². The van der Waals surface area contributed by atoms with Crippen molar-refractivity contribution in [2.24, 2.45) is 0 Å². The summed E-state index contributed by atoms with van der Waals surface area (Å²) in [6.07, 6.45) is 3.78. The average molecular weight is 283 g/mol. The van der Waals surface area contributed by atoms with Gasteiger partial charge in [-0.25, -0.2) is 0 Å². The summed E-state index contributed by atoms with van der Waals surface area (Å²) in [6.45, 7) is 1.77. The molecule has 0 radical (unpaired) electrons. The van der Waals surface area contributed by atoms with E-state index >= 15 is 0 Å². The van der Waals surface area contributed by atoms with Crippen molar-refractivity contribution in [3.05, 3.63) is 28.8 Å². The second kappa shape index (κ2) is 4.97. The quantitative estimate of drug-likeness (QED) is 0.859. The third kappa shape index (κ3) is 2.47. The third-order valence-electron chi connectivity index (χ3n) is 4.03. The molecule has 2 unspecified atom stereocenters. The van der Waals surface area contributed by atoms with E-state index in [4.69, 9.17) is 21.1 Å². The van der Waals surface area contributed by atoms with Crippen LogP contribution in [0, 0.1) is 0 Å². The van der Waals surface area contributed by atoms with E-state index in [9.17, 15) is 5.11 Å². The number of benzene rings is 1. The number of para-hydroxylation sites is 1. The number of halogens is 1. The van der Waals surface area contributed by atoms with Crippen molar-refractivity contribution < 1.29 is 14.6 Å². The summed E-state index contributed by atoms with van der Waals surface area (Å²) >= 11 is 6.26. The first kappa shape index (κ1) is 13.2. The highest BCUT2D eigenvalue weighted by atomic mass is 35.5. The van der Waals surface area contributed by atoms with Crippen molar-refractivity contribution in [3.8, 4) is 5.75 Å². The zero-order chi connectivity index (χ0) is 13.5. The highest BCUT2D eigenvalue weighted by molar-refractivity contribution is 6.32. The molecule has 0 amide bonds. The van der Waals surface area contributed by atoms with Gasteiger partial charge in [0, 0.05) is 19.3 Å². The highest BCUT2D eigenvalue weighted by Gasteiger charge is 2.43. The summed E-state index contributed by atoms with van der Waals surface area (Å²) in [4.78, 5) is 0. The molecular formula is C15H19ClO3. The number of aliphatic hydroxyl groups excluding tert-OH is 1. The topological polar surface area (TPSA) is 38.7 Å². The van der Waals surface area contributed by atoms with Crippen LogP contribution in [0.3, 0.4) is 0 Å². The summed E-state index contributed by atoms with van der Waals surface area (Å²) < 4.78 is 12.3. The minimum absolute atomic E-state index is 0.238. The van der Waals surface area contributed by atoms with Gasteiger partial charge in [0.15, 0.2) is 0 Å². The molecule has 104 valence electrons. The molecule has 3 nitrogen and oxygen atoms in total. The van der Waals surface area contributed by atoms with E-state index in [0.717, 1.165) is 37.0 Å². The lowest BCUT2D eigenvalue weighted by Crippen LogP contribution is -2.42. The van der Waals surface area contributed by atoms with Crippen molar-refractivity contribution in [1.82, 2.24) is 0 Å². The monoisotopic (exact) mass is 282 g/mol. The van der Waals surface area contributed by atoms with Crippen LogP contribution in [0.25, 0.3) is 0 Å². The third-order valence-corrected chi connectivity index (χ3v) is 4.32. The molecule has 1 N–H and O–H groups in total. The predicted octanol–water partition coefficient (Wildman–Crippen LogP) is 3.31. The van der Waals surface area contributed by atoms with Gasteiger partial charge >= 0.3 is 0 Å². The van der Waals surface area contributed by atoms with Crippen molar-refractivity contribution in [1.29, 1.82) is 0 Å². The zero-order valence-electron chi connectivity index (χ0n) is 11.1. The van der Waals surface area contributed by atoms with Crippen LogP contribution in [0.1, 0.15) is 38.2 Å². The van der Waals surface area contributed by atoms with Gasteiger partial charge in [-0.2, -0.15) is 0 Å². The fraction of sp³-hybridized carbons (Fsp3) is 0.600. The predicted molar refractivity (Wildman–Crippen MR) is 73.5 cm³/mol. The fourth-order valence-corrected chi connectivity index (χ4v) is 3.21. The van der Waals surface area contributed by atoms with E-state index in [-0.39, 0.29) is 6.10 Å². The average Bonchev–Trinajstić information content (AvgIpc) is 2.73. The molecule has 2 atom stereocenters. The normalized spacial score (nSPS) is 26.6. The van der Waals surface area contributed by atoms with E-state index in [2.05, 4.69) is 0 Å². The molecule has 1 aromatic carbocycles. The van der Waals surface area contributed by atoms with Crippen LogP contribution < -0.4 is 4.74 Å². The Labute approximate surface area is 118 Å². The Kier molecular flexibility index (Phi) is 3.46. The Morgan fingerprint density at radius 2 is 2.11 bits per heavy atom. The summed E-state index contributed by atoms with van der Waals surface area (Å²) in [5, 5.41) is 10.6. The number of aliphatic hydroxyl groups is 1. The van der Waals surface area contributed by atoms with Gasteiger partial charge in [-0.3, -0.25) is 0 Å². The molecule has 2 aliphatic rings. The van der Waals surface area contributed by atoms with Crippen molar-refractivity contribution >= 4 is 11.6 Å². The minimum Gasteiger partial charge on any atom is -0.461 e. The maximum Gasteiger partial charge on any atom is 0.210 e. The Morgan fingerprint density at radius 1 is 1.37 bits per heavy atom. The Morgan fingerprint density at radius 3 is 2.79 bits per heavy atom. The second-order valence-electron chi connectivity index (χ2n) is 5.55. The van der Waals surface area contributed by atoms with Crippen LogP contribution in [0.5, 0.6) is 5.75 Å². The van der Waals surface area contributed by atoms with Gasteiger partial charge in [-0.05, 0) is 31.4 Å². The van der Waals surface area contributed by atoms with Crippen LogP contribution in [0.4, 0.5) is 0 Å². The van der Waals surface area contributed by atoms with E-state index in [1.807, 2.05) is 18.2 Å². The van der Waals surface area contributed by atoms with E-state index in [1.165, 1.54) is 0 Å². The minimum atomic E-state index is -0.599. The Hall–Kier alpha value is -0.770. The number of hydrogen-bond acceptors (Lipinski definition) is 3. The summed E-state index contributed by atoms with van der Waals surface area (Å²) in [7, 11) is 0. The number of fused-ring (bicyclic) bond motifs is 1. The maximum absolute atomic E-state index is 9.93. The largest absolute Gasteiger partial charge is 0.461 e. The molecule has 1 fully saturated rings. The molecule has 1 aromatic rings. The second-order valence-corrected chi connectivity index (χ2v) is 5.96. The molecule has 1 aliphatic carbocycles. The van der Waals surface area contributed by atoms with Gasteiger partial charge < -0.3 is 14.6 Å². The molecule has 19 heavy (non-hydrogen) atoms. The molecule has 0 aromatic heterocycles.